The van der Waals surface area contributed by atoms with Gasteiger partial charge in [-0.1, -0.05) is 18.2 Å². The van der Waals surface area contributed by atoms with Gasteiger partial charge in [-0.2, -0.15) is 5.26 Å². The Morgan fingerprint density at radius 1 is 1.06 bits per heavy atom. The topological polar surface area (TPSA) is 98.1 Å². The number of pyridine rings is 1. The second kappa shape index (κ2) is 10.8. The van der Waals surface area contributed by atoms with Crippen LogP contribution < -0.4 is 10.6 Å². The first-order valence-corrected chi connectivity index (χ1v) is 11.8. The van der Waals surface area contributed by atoms with Crippen LogP contribution in [0.2, 0.25) is 0 Å². The molecule has 7 nitrogen and oxygen atoms in total. The zero-order chi connectivity index (χ0) is 24.8. The number of nitrogens with one attached hydrogen (secondary N) is 2. The minimum atomic E-state index is -0.328. The van der Waals surface area contributed by atoms with E-state index in [4.69, 9.17) is 5.26 Å². The Morgan fingerprint density at radius 3 is 2.40 bits per heavy atom. The molecule has 1 unspecified atom stereocenters. The van der Waals surface area contributed by atoms with Crippen LogP contribution >= 0.6 is 0 Å². The number of nitriles is 1. The van der Waals surface area contributed by atoms with Crippen molar-refractivity contribution in [1.82, 2.24) is 15.2 Å². The molecule has 1 fully saturated rings. The summed E-state index contributed by atoms with van der Waals surface area (Å²) in [6.07, 6.45) is 5.14. The van der Waals surface area contributed by atoms with Crippen molar-refractivity contribution in [3.05, 3.63) is 94.8 Å². The van der Waals surface area contributed by atoms with E-state index >= 15 is 0 Å². The summed E-state index contributed by atoms with van der Waals surface area (Å²) in [5, 5.41) is 14.8. The largest absolute Gasteiger partial charge is 0.339 e. The molecule has 1 aliphatic heterocycles. The predicted octanol–water partition coefficient (Wildman–Crippen LogP) is 5.16. The molecular formula is C28H29N5O2. The number of aromatic nitrogens is 1. The average molecular weight is 468 g/mol. The van der Waals surface area contributed by atoms with Crippen LogP contribution in [-0.4, -0.2) is 34.9 Å². The van der Waals surface area contributed by atoms with Crippen LogP contribution in [-0.2, 0) is 0 Å². The maximum absolute atomic E-state index is 13.2. The molecule has 0 saturated carbocycles. The predicted molar refractivity (Wildman–Crippen MR) is 135 cm³/mol. The van der Waals surface area contributed by atoms with Gasteiger partial charge in [0.25, 0.3) is 5.91 Å². The monoisotopic (exact) mass is 467 g/mol. The van der Waals surface area contributed by atoms with E-state index in [0.717, 1.165) is 24.0 Å². The third-order valence-electron chi connectivity index (χ3n) is 6.58. The third kappa shape index (κ3) is 5.85. The summed E-state index contributed by atoms with van der Waals surface area (Å²) >= 11 is 0. The molecule has 0 bridgehead atoms. The fourth-order valence-corrected chi connectivity index (χ4v) is 4.41. The van der Waals surface area contributed by atoms with Gasteiger partial charge in [-0.3, -0.25) is 9.78 Å². The smallest absolute Gasteiger partial charge is 0.319 e. The van der Waals surface area contributed by atoms with Crippen molar-refractivity contribution in [2.45, 2.75) is 38.6 Å². The van der Waals surface area contributed by atoms with Crippen LogP contribution in [0, 0.1) is 18.3 Å². The summed E-state index contributed by atoms with van der Waals surface area (Å²) in [6, 6.07) is 18.5. The van der Waals surface area contributed by atoms with E-state index in [1.807, 2.05) is 67.3 Å². The van der Waals surface area contributed by atoms with E-state index in [-0.39, 0.29) is 18.0 Å². The highest BCUT2D eigenvalue weighted by molar-refractivity contribution is 5.97. The van der Waals surface area contributed by atoms with Gasteiger partial charge in [-0.15, -0.1) is 0 Å². The van der Waals surface area contributed by atoms with Gasteiger partial charge in [0.15, 0.2) is 0 Å². The molecule has 1 saturated heterocycles. The van der Waals surface area contributed by atoms with E-state index in [1.54, 1.807) is 18.5 Å². The quantitative estimate of drug-likeness (QED) is 0.541. The first-order valence-electron chi connectivity index (χ1n) is 11.8. The number of benzene rings is 2. The third-order valence-corrected chi connectivity index (χ3v) is 6.58. The van der Waals surface area contributed by atoms with Crippen LogP contribution in [0.5, 0.6) is 0 Å². The molecule has 35 heavy (non-hydrogen) atoms. The van der Waals surface area contributed by atoms with Gasteiger partial charge in [0, 0.05) is 36.7 Å². The molecule has 4 rings (SSSR count). The van der Waals surface area contributed by atoms with E-state index in [9.17, 15) is 9.59 Å². The molecule has 7 heteroatoms. The second-order valence-corrected chi connectivity index (χ2v) is 8.93. The van der Waals surface area contributed by atoms with Gasteiger partial charge in [-0.05, 0) is 85.7 Å². The van der Waals surface area contributed by atoms with Gasteiger partial charge in [0.2, 0.25) is 0 Å². The molecule has 1 aliphatic rings. The Morgan fingerprint density at radius 2 is 1.74 bits per heavy atom. The summed E-state index contributed by atoms with van der Waals surface area (Å²) in [4.78, 5) is 31.7. The number of aryl methyl sites for hydroxylation is 1. The number of amides is 3. The number of carbonyl (C=O) groups is 2. The number of nitrogens with zero attached hydrogens (tertiary/aromatic N) is 3. The van der Waals surface area contributed by atoms with E-state index in [0.29, 0.717) is 35.8 Å². The van der Waals surface area contributed by atoms with Crippen LogP contribution in [0.15, 0.2) is 67.0 Å². The lowest BCUT2D eigenvalue weighted by Gasteiger charge is -2.32. The van der Waals surface area contributed by atoms with Crippen molar-refractivity contribution >= 4 is 17.6 Å². The molecule has 2 N–H and O–H groups in total. The molecule has 0 radical (unpaired) electrons. The van der Waals surface area contributed by atoms with Crippen molar-refractivity contribution in [3.8, 4) is 6.07 Å². The fourth-order valence-electron chi connectivity index (χ4n) is 4.41. The summed E-state index contributed by atoms with van der Waals surface area (Å²) in [7, 11) is 0. The van der Waals surface area contributed by atoms with Crippen LogP contribution in [0.1, 0.15) is 64.3 Å². The summed E-state index contributed by atoms with van der Waals surface area (Å²) in [5.41, 5.74) is 4.89. The van der Waals surface area contributed by atoms with Crippen LogP contribution in [0.25, 0.3) is 0 Å². The standard InChI is InChI=1S/C28H29N5O2/c1-19-3-6-25(17-26(19)32-28(35)31-20(2)22-9-13-30-14-10-22)27(34)33-15-11-24(12-16-33)23-7-4-21(18-29)5-8-23/h3-10,13-14,17,20,24H,11-12,15-16H2,1-2H3,(H2,31,32,35). The number of piperidine rings is 1. The summed E-state index contributed by atoms with van der Waals surface area (Å²) in [5.74, 6) is 0.352. The van der Waals surface area contributed by atoms with E-state index < -0.39 is 0 Å². The normalized spacial score (nSPS) is 14.6. The number of urea groups is 1. The van der Waals surface area contributed by atoms with Crippen molar-refractivity contribution in [1.29, 1.82) is 5.26 Å². The first-order chi connectivity index (χ1) is 16.9. The van der Waals surface area contributed by atoms with E-state index in [1.165, 1.54) is 5.56 Å². The minimum absolute atomic E-state index is 0.0307. The van der Waals surface area contributed by atoms with Crippen LogP contribution in [0.3, 0.4) is 0 Å². The molecule has 1 atom stereocenters. The maximum Gasteiger partial charge on any atom is 0.319 e. The highest BCUT2D eigenvalue weighted by Gasteiger charge is 2.25. The molecule has 2 heterocycles. The molecule has 178 valence electrons. The van der Waals surface area contributed by atoms with Gasteiger partial charge in [0.05, 0.1) is 17.7 Å². The van der Waals surface area contributed by atoms with Crippen molar-refractivity contribution in [2.24, 2.45) is 0 Å². The Labute approximate surface area is 205 Å². The summed E-state index contributed by atoms with van der Waals surface area (Å²) in [6.45, 7) is 5.15. The Bertz CT molecular complexity index is 1230. The van der Waals surface area contributed by atoms with Crippen molar-refractivity contribution in [3.63, 3.8) is 0 Å². The number of hydrogen-bond acceptors (Lipinski definition) is 4. The lowest BCUT2D eigenvalue weighted by Crippen LogP contribution is -2.38. The average Bonchev–Trinajstić information content (AvgIpc) is 2.90. The molecule has 3 aromatic rings. The molecule has 2 aromatic carbocycles. The Balaban J connectivity index is 1.36. The Hall–Kier alpha value is -4.18. The molecule has 3 amide bonds. The number of likely N-dealkylation sites (tertiary alicyclic amines) is 1. The lowest BCUT2D eigenvalue weighted by atomic mass is 9.89. The van der Waals surface area contributed by atoms with Gasteiger partial charge < -0.3 is 15.5 Å². The zero-order valence-electron chi connectivity index (χ0n) is 20.0. The SMILES string of the molecule is Cc1ccc(C(=O)N2CCC(c3ccc(C#N)cc3)CC2)cc1NC(=O)NC(C)c1ccncc1. The maximum atomic E-state index is 13.2. The van der Waals surface area contributed by atoms with Gasteiger partial charge in [0.1, 0.15) is 0 Å². The Kier molecular flexibility index (Phi) is 7.41. The number of hydrogen-bond donors (Lipinski definition) is 2. The minimum Gasteiger partial charge on any atom is -0.339 e. The molecule has 1 aromatic heterocycles. The van der Waals surface area contributed by atoms with Crippen LogP contribution in [0.4, 0.5) is 10.5 Å². The number of anilines is 1. The second-order valence-electron chi connectivity index (χ2n) is 8.93. The number of carbonyl (C=O) groups excluding carboxylic acids is 2. The zero-order valence-corrected chi connectivity index (χ0v) is 20.0. The molecule has 0 spiro atoms. The number of rotatable bonds is 5. The molecule has 0 aliphatic carbocycles. The van der Waals surface area contributed by atoms with Gasteiger partial charge in [-0.25, -0.2) is 4.79 Å². The van der Waals surface area contributed by atoms with E-state index in [2.05, 4.69) is 21.7 Å². The highest BCUT2D eigenvalue weighted by Crippen LogP contribution is 2.29. The first kappa shape index (κ1) is 24.0. The summed E-state index contributed by atoms with van der Waals surface area (Å²) < 4.78 is 0. The van der Waals surface area contributed by atoms with Crippen molar-refractivity contribution < 1.29 is 9.59 Å². The highest BCUT2D eigenvalue weighted by atomic mass is 16.2. The lowest BCUT2D eigenvalue weighted by molar-refractivity contribution is 0.0713. The fraction of sp³-hybridized carbons (Fsp3) is 0.286. The van der Waals surface area contributed by atoms with Crippen molar-refractivity contribution in [2.75, 3.05) is 18.4 Å². The van der Waals surface area contributed by atoms with Gasteiger partial charge >= 0.3 is 6.03 Å². The molecular weight excluding hydrogens is 438 g/mol.